The minimum Gasteiger partial charge on any atom is -0.492 e. The monoisotopic (exact) mass is 178 g/mol. The summed E-state index contributed by atoms with van der Waals surface area (Å²) in [6.45, 7) is 0.701. The van der Waals surface area contributed by atoms with Crippen molar-refractivity contribution in [3.05, 3.63) is 24.3 Å². The van der Waals surface area contributed by atoms with E-state index in [0.29, 0.717) is 18.8 Å². The van der Waals surface area contributed by atoms with Crippen LogP contribution < -0.4 is 10.5 Å². The Morgan fingerprint density at radius 2 is 2.08 bits per heavy atom. The highest BCUT2D eigenvalue weighted by Crippen LogP contribution is 2.12. The van der Waals surface area contributed by atoms with E-state index in [1.54, 1.807) is 24.3 Å². The van der Waals surface area contributed by atoms with Crippen molar-refractivity contribution in [3.8, 4) is 5.75 Å². The van der Waals surface area contributed by atoms with Crippen LogP contribution in [0.15, 0.2) is 29.3 Å². The maximum Gasteiger partial charge on any atom is 0.235 e. The normalized spacial score (nSPS) is 8.92. The molecule has 0 saturated carbocycles. The lowest BCUT2D eigenvalue weighted by molar-refractivity contribution is 0.328. The largest absolute Gasteiger partial charge is 0.492 e. The fraction of sp³-hybridized carbons (Fsp3) is 0.222. The van der Waals surface area contributed by atoms with Crippen molar-refractivity contribution in [2.45, 2.75) is 0 Å². The summed E-state index contributed by atoms with van der Waals surface area (Å²) in [6, 6.07) is 7.02. The molecule has 1 rings (SSSR count). The Morgan fingerprint density at radius 1 is 1.38 bits per heavy atom. The third-order valence-corrected chi connectivity index (χ3v) is 1.42. The molecule has 0 amide bonds. The van der Waals surface area contributed by atoms with Gasteiger partial charge >= 0.3 is 0 Å². The predicted octanol–water partition coefficient (Wildman–Crippen LogP) is 0.983. The molecule has 0 unspecified atom stereocenters. The molecule has 0 heterocycles. The second-order valence-electron chi connectivity index (χ2n) is 2.39. The number of benzene rings is 1. The fourth-order valence-corrected chi connectivity index (χ4v) is 0.819. The lowest BCUT2D eigenvalue weighted by atomic mass is 10.3. The van der Waals surface area contributed by atoms with E-state index in [1.807, 2.05) is 0 Å². The second kappa shape index (κ2) is 4.95. The zero-order chi connectivity index (χ0) is 9.52. The molecule has 0 saturated heterocycles. The van der Waals surface area contributed by atoms with Gasteiger partial charge < -0.3 is 10.5 Å². The average Bonchev–Trinajstić information content (AvgIpc) is 2.15. The van der Waals surface area contributed by atoms with Gasteiger partial charge in [0.25, 0.3) is 0 Å². The summed E-state index contributed by atoms with van der Waals surface area (Å²) < 4.78 is 5.23. The van der Waals surface area contributed by atoms with Crippen LogP contribution in [0.5, 0.6) is 5.75 Å². The number of rotatable bonds is 4. The molecular weight excluding hydrogens is 168 g/mol. The molecule has 0 aromatic heterocycles. The van der Waals surface area contributed by atoms with E-state index in [1.165, 1.54) is 6.08 Å². The number of carbonyl (C=O) groups excluding carboxylic acids is 1. The third-order valence-electron chi connectivity index (χ3n) is 1.42. The summed E-state index contributed by atoms with van der Waals surface area (Å²) >= 11 is 0. The van der Waals surface area contributed by atoms with Crippen molar-refractivity contribution in [3.63, 3.8) is 0 Å². The first kappa shape index (κ1) is 9.29. The molecule has 0 aliphatic rings. The zero-order valence-electron chi connectivity index (χ0n) is 7.06. The zero-order valence-corrected chi connectivity index (χ0v) is 7.06. The molecular formula is C9H10N2O2. The van der Waals surface area contributed by atoms with Gasteiger partial charge in [-0.1, -0.05) is 0 Å². The Bertz CT molecular complexity index is 302. The van der Waals surface area contributed by atoms with Gasteiger partial charge in [0.15, 0.2) is 0 Å². The highest BCUT2D eigenvalue weighted by Gasteiger charge is 1.91. The van der Waals surface area contributed by atoms with Crippen LogP contribution in [-0.4, -0.2) is 19.2 Å². The van der Waals surface area contributed by atoms with Gasteiger partial charge in [-0.3, -0.25) is 0 Å². The number of hydrogen-bond donors (Lipinski definition) is 1. The lowest BCUT2D eigenvalue weighted by Gasteiger charge is -2.02. The van der Waals surface area contributed by atoms with Crippen molar-refractivity contribution >= 4 is 11.8 Å². The molecule has 4 nitrogen and oxygen atoms in total. The molecule has 1 aromatic rings. The first-order chi connectivity index (χ1) is 6.33. The molecule has 0 spiro atoms. The summed E-state index contributed by atoms with van der Waals surface area (Å²) in [5.41, 5.74) is 6.17. The van der Waals surface area contributed by atoms with Crippen molar-refractivity contribution in [1.29, 1.82) is 0 Å². The molecule has 0 fully saturated rings. The Balaban J connectivity index is 2.37. The molecule has 2 N–H and O–H groups in total. The highest BCUT2D eigenvalue weighted by molar-refractivity contribution is 5.41. The molecule has 1 aromatic carbocycles. The van der Waals surface area contributed by atoms with Crippen molar-refractivity contribution < 1.29 is 9.53 Å². The van der Waals surface area contributed by atoms with Gasteiger partial charge in [-0.2, -0.15) is 0 Å². The second-order valence-corrected chi connectivity index (χ2v) is 2.39. The summed E-state index contributed by atoms with van der Waals surface area (Å²) in [5, 5.41) is 0. The molecule has 0 aliphatic carbocycles. The van der Waals surface area contributed by atoms with Crippen molar-refractivity contribution in [2.24, 2.45) is 4.99 Å². The molecule has 0 bridgehead atoms. The summed E-state index contributed by atoms with van der Waals surface area (Å²) in [5.74, 6) is 0.718. The van der Waals surface area contributed by atoms with Crippen LogP contribution in [0.3, 0.4) is 0 Å². The number of nitrogen functional groups attached to an aromatic ring is 1. The molecule has 0 atom stereocenters. The number of nitrogens with zero attached hydrogens (tertiary/aromatic N) is 1. The van der Waals surface area contributed by atoms with E-state index in [0.717, 1.165) is 5.75 Å². The van der Waals surface area contributed by atoms with Gasteiger partial charge in [0.05, 0.1) is 6.54 Å². The average molecular weight is 178 g/mol. The predicted molar refractivity (Wildman–Crippen MR) is 49.3 cm³/mol. The van der Waals surface area contributed by atoms with Crippen LogP contribution in [0, 0.1) is 0 Å². The smallest absolute Gasteiger partial charge is 0.235 e. The highest BCUT2D eigenvalue weighted by atomic mass is 16.5. The van der Waals surface area contributed by atoms with E-state index >= 15 is 0 Å². The number of aliphatic imine (C=N–C) groups is 1. The number of nitrogens with two attached hydrogens (primary N) is 1. The van der Waals surface area contributed by atoms with Crippen LogP contribution in [0.1, 0.15) is 0 Å². The van der Waals surface area contributed by atoms with Gasteiger partial charge in [-0.05, 0) is 24.3 Å². The minimum atomic E-state index is 0.327. The van der Waals surface area contributed by atoms with E-state index in [4.69, 9.17) is 10.5 Å². The molecule has 13 heavy (non-hydrogen) atoms. The standard InChI is InChI=1S/C9H10N2O2/c10-8-1-3-9(4-2-8)13-6-5-11-7-12/h1-4H,5-6,10H2. The summed E-state index contributed by atoms with van der Waals surface area (Å²) in [4.78, 5) is 13.0. The first-order valence-corrected chi connectivity index (χ1v) is 3.85. The van der Waals surface area contributed by atoms with Crippen LogP contribution in [0.25, 0.3) is 0 Å². The Morgan fingerprint density at radius 3 is 2.69 bits per heavy atom. The number of hydrogen-bond acceptors (Lipinski definition) is 4. The summed E-state index contributed by atoms with van der Waals surface area (Å²) in [7, 11) is 0. The molecule has 4 heteroatoms. The number of isocyanates is 1. The SMILES string of the molecule is Nc1ccc(OCCN=C=O)cc1. The van der Waals surface area contributed by atoms with Crippen LogP contribution in [0.2, 0.25) is 0 Å². The van der Waals surface area contributed by atoms with Crippen molar-refractivity contribution in [2.75, 3.05) is 18.9 Å². The van der Waals surface area contributed by atoms with Gasteiger partial charge in [0, 0.05) is 5.69 Å². The van der Waals surface area contributed by atoms with Crippen LogP contribution in [-0.2, 0) is 4.79 Å². The van der Waals surface area contributed by atoms with Gasteiger partial charge in [-0.25, -0.2) is 9.79 Å². The van der Waals surface area contributed by atoms with E-state index in [2.05, 4.69) is 4.99 Å². The maximum atomic E-state index is 9.70. The minimum absolute atomic E-state index is 0.327. The van der Waals surface area contributed by atoms with E-state index < -0.39 is 0 Å². The molecule has 0 aliphatic heterocycles. The topological polar surface area (TPSA) is 64.7 Å². The van der Waals surface area contributed by atoms with Crippen molar-refractivity contribution in [1.82, 2.24) is 0 Å². The van der Waals surface area contributed by atoms with E-state index in [9.17, 15) is 4.79 Å². The Labute approximate surface area is 76.0 Å². The quantitative estimate of drug-likeness (QED) is 0.323. The lowest BCUT2D eigenvalue weighted by Crippen LogP contribution is -2.00. The first-order valence-electron chi connectivity index (χ1n) is 3.85. The summed E-state index contributed by atoms with van der Waals surface area (Å²) in [6.07, 6.45) is 1.44. The van der Waals surface area contributed by atoms with Crippen LogP contribution >= 0.6 is 0 Å². The van der Waals surface area contributed by atoms with Gasteiger partial charge in [0.1, 0.15) is 12.4 Å². The molecule has 0 radical (unpaired) electrons. The maximum absolute atomic E-state index is 9.70. The van der Waals surface area contributed by atoms with Gasteiger partial charge in [0.2, 0.25) is 6.08 Å². The Hall–Kier alpha value is -1.80. The van der Waals surface area contributed by atoms with E-state index in [-0.39, 0.29) is 0 Å². The van der Waals surface area contributed by atoms with Crippen LogP contribution in [0.4, 0.5) is 5.69 Å². The third kappa shape index (κ3) is 3.40. The molecule has 68 valence electrons. The number of ether oxygens (including phenoxy) is 1. The van der Waals surface area contributed by atoms with Gasteiger partial charge in [-0.15, -0.1) is 0 Å². The Kier molecular flexibility index (Phi) is 3.54. The number of anilines is 1. The fourth-order valence-electron chi connectivity index (χ4n) is 0.819.